The van der Waals surface area contributed by atoms with Crippen LogP contribution in [-0.4, -0.2) is 11.5 Å². The molecule has 4 aromatic carbocycles. The Bertz CT molecular complexity index is 1170. The molecule has 1 nitrogen and oxygen atoms in total. The molecule has 0 amide bonds. The summed E-state index contributed by atoms with van der Waals surface area (Å²) in [6, 6.07) is 40.2. The van der Waals surface area contributed by atoms with Gasteiger partial charge in [0.25, 0.3) is 0 Å². The minimum atomic E-state index is -0.473. The fraction of sp³-hybridized carbons (Fsp3) is 0.294. The number of anilines is 2. The van der Waals surface area contributed by atoms with Gasteiger partial charge >= 0.3 is 0 Å². The van der Waals surface area contributed by atoms with E-state index in [1.807, 2.05) is 0 Å². The van der Waals surface area contributed by atoms with Crippen LogP contribution in [0.1, 0.15) is 63.8 Å². The Morgan fingerprint density at radius 3 is 1.13 bits per heavy atom. The summed E-state index contributed by atoms with van der Waals surface area (Å²) in [4.78, 5) is 0. The summed E-state index contributed by atoms with van der Waals surface area (Å²) in [7, 11) is 0. The van der Waals surface area contributed by atoms with Gasteiger partial charge in [0.2, 0.25) is 0 Å². The molecule has 0 aromatic heterocycles. The number of nitrogens with zero attached hydrogens (tertiary/aromatic N) is 1. The summed E-state index contributed by atoms with van der Waals surface area (Å²) in [5.74, 6) is 2.21. The molecule has 4 heteroatoms. The summed E-state index contributed by atoms with van der Waals surface area (Å²) < 4.78 is 2.58. The quantitative estimate of drug-likeness (QED) is 0.169. The maximum atomic E-state index is 2.58. The van der Waals surface area contributed by atoms with Crippen LogP contribution in [0, 0.1) is 0 Å². The molecule has 0 spiro atoms. The third-order valence-electron chi connectivity index (χ3n) is 7.30. The van der Waals surface area contributed by atoms with Crippen LogP contribution in [-0.2, 0) is 10.8 Å². The molecule has 0 atom stereocenters. The van der Waals surface area contributed by atoms with Crippen molar-refractivity contribution in [3.8, 4) is 0 Å². The van der Waals surface area contributed by atoms with Crippen LogP contribution in [0.3, 0.4) is 0 Å². The van der Waals surface area contributed by atoms with E-state index in [9.17, 15) is 0 Å². The fourth-order valence-electron chi connectivity index (χ4n) is 4.79. The smallest absolute Gasteiger partial charge is 0.120 e. The SMILES string of the molecule is CCSP(SCC)N(c1ccc(C(C)(C)c2ccccc2)cc1)c1ccc(C(C)(C)c2ccccc2)cc1. The fourth-order valence-corrected chi connectivity index (χ4v) is 12.1. The Balaban J connectivity index is 1.70. The first kappa shape index (κ1) is 28.8. The van der Waals surface area contributed by atoms with Gasteiger partial charge in [-0.25, -0.2) is 0 Å². The topological polar surface area (TPSA) is 3.24 Å². The van der Waals surface area contributed by atoms with Crippen molar-refractivity contribution in [3.05, 3.63) is 131 Å². The second-order valence-corrected chi connectivity index (χ2v) is 17.3. The van der Waals surface area contributed by atoms with Gasteiger partial charge in [-0.05, 0) is 58.0 Å². The van der Waals surface area contributed by atoms with Gasteiger partial charge in [-0.2, -0.15) is 0 Å². The van der Waals surface area contributed by atoms with Crippen LogP contribution in [0.25, 0.3) is 0 Å². The van der Waals surface area contributed by atoms with Gasteiger partial charge in [-0.15, -0.1) is 22.8 Å². The Kier molecular flexibility index (Phi) is 9.69. The average molecular weight is 558 g/mol. The zero-order valence-electron chi connectivity index (χ0n) is 23.5. The molecule has 198 valence electrons. The van der Waals surface area contributed by atoms with Crippen molar-refractivity contribution < 1.29 is 0 Å². The Morgan fingerprint density at radius 2 is 0.816 bits per heavy atom. The summed E-state index contributed by atoms with van der Waals surface area (Å²) in [6.45, 7) is 13.3. The van der Waals surface area contributed by atoms with E-state index in [2.05, 4.69) is 178 Å². The molecule has 0 N–H and O–H groups in total. The highest BCUT2D eigenvalue weighted by molar-refractivity contribution is 8.88. The lowest BCUT2D eigenvalue weighted by atomic mass is 9.78. The minimum absolute atomic E-state index is 0.0453. The molecule has 4 rings (SSSR count). The van der Waals surface area contributed by atoms with Gasteiger partial charge in [0.1, 0.15) is 6.48 Å². The van der Waals surface area contributed by atoms with Gasteiger partial charge in [0, 0.05) is 22.2 Å². The highest BCUT2D eigenvalue weighted by atomic mass is 33.1. The molecular formula is C34H40NPS2. The molecule has 0 radical (unpaired) electrons. The molecule has 0 fully saturated rings. The van der Waals surface area contributed by atoms with Crippen LogP contribution >= 0.6 is 29.2 Å². The molecule has 0 aliphatic rings. The van der Waals surface area contributed by atoms with Crippen LogP contribution in [0.15, 0.2) is 109 Å². The van der Waals surface area contributed by atoms with Crippen LogP contribution < -0.4 is 4.67 Å². The molecule has 0 aliphatic carbocycles. The van der Waals surface area contributed by atoms with Crippen molar-refractivity contribution in [2.75, 3.05) is 16.2 Å². The molecular weight excluding hydrogens is 517 g/mol. The van der Waals surface area contributed by atoms with E-state index in [4.69, 9.17) is 0 Å². The maximum Gasteiger partial charge on any atom is 0.120 e. The molecule has 0 unspecified atom stereocenters. The van der Waals surface area contributed by atoms with E-state index < -0.39 is 6.48 Å². The summed E-state index contributed by atoms with van der Waals surface area (Å²) in [5, 5.41) is 0. The van der Waals surface area contributed by atoms with Crippen LogP contribution in [0.2, 0.25) is 0 Å². The third kappa shape index (κ3) is 6.33. The van der Waals surface area contributed by atoms with E-state index >= 15 is 0 Å². The highest BCUT2D eigenvalue weighted by Crippen LogP contribution is 2.67. The van der Waals surface area contributed by atoms with E-state index in [-0.39, 0.29) is 10.8 Å². The Hall–Kier alpha value is -2.19. The van der Waals surface area contributed by atoms with E-state index in [1.54, 1.807) is 0 Å². The predicted molar refractivity (Wildman–Crippen MR) is 175 cm³/mol. The number of benzene rings is 4. The third-order valence-corrected chi connectivity index (χ3v) is 14.8. The van der Waals surface area contributed by atoms with Crippen LogP contribution in [0.4, 0.5) is 11.4 Å². The van der Waals surface area contributed by atoms with Gasteiger partial charge in [0.05, 0.1) is 0 Å². The molecule has 38 heavy (non-hydrogen) atoms. The zero-order chi connectivity index (χ0) is 27.2. The first-order valence-electron chi connectivity index (χ1n) is 13.5. The second kappa shape index (κ2) is 12.8. The van der Waals surface area contributed by atoms with Crippen molar-refractivity contribution >= 4 is 40.6 Å². The monoisotopic (exact) mass is 557 g/mol. The Morgan fingerprint density at radius 1 is 0.500 bits per heavy atom. The molecule has 0 bridgehead atoms. The van der Waals surface area contributed by atoms with Gasteiger partial charge in [-0.1, -0.05) is 126 Å². The van der Waals surface area contributed by atoms with Crippen molar-refractivity contribution in [3.63, 3.8) is 0 Å². The zero-order valence-corrected chi connectivity index (χ0v) is 26.0. The second-order valence-electron chi connectivity index (χ2n) is 10.5. The van der Waals surface area contributed by atoms with Crippen molar-refractivity contribution in [2.45, 2.75) is 52.4 Å². The van der Waals surface area contributed by atoms with E-state index in [1.165, 1.54) is 33.6 Å². The largest absolute Gasteiger partial charge is 0.303 e. The molecule has 0 saturated carbocycles. The number of hydrogen-bond acceptors (Lipinski definition) is 3. The first-order chi connectivity index (χ1) is 18.3. The van der Waals surface area contributed by atoms with E-state index in [0.717, 1.165) is 11.5 Å². The lowest BCUT2D eigenvalue weighted by Gasteiger charge is -2.34. The standard InChI is InChI=1S/C34H40NPS2/c1-7-37-36(38-8-2)35(31-23-19-29(20-24-31)33(3,4)27-15-11-9-12-16-27)32-25-21-30(22-26-32)34(5,6)28-17-13-10-14-18-28/h9-26H,7-8H2,1-6H3. The minimum Gasteiger partial charge on any atom is -0.303 e. The first-order valence-corrected chi connectivity index (χ1v) is 17.9. The highest BCUT2D eigenvalue weighted by Gasteiger charge is 2.27. The van der Waals surface area contributed by atoms with Gasteiger partial charge < -0.3 is 4.67 Å². The van der Waals surface area contributed by atoms with Crippen molar-refractivity contribution in [1.82, 2.24) is 0 Å². The van der Waals surface area contributed by atoms with Crippen molar-refractivity contribution in [1.29, 1.82) is 0 Å². The number of rotatable bonds is 11. The van der Waals surface area contributed by atoms with Crippen molar-refractivity contribution in [2.24, 2.45) is 0 Å². The lowest BCUT2D eigenvalue weighted by molar-refractivity contribution is 0.641. The van der Waals surface area contributed by atoms with E-state index in [0.29, 0.717) is 0 Å². The Labute approximate surface area is 239 Å². The lowest BCUT2D eigenvalue weighted by Crippen LogP contribution is -2.19. The summed E-state index contributed by atoms with van der Waals surface area (Å²) in [5.41, 5.74) is 7.79. The maximum absolute atomic E-state index is 2.58. The molecule has 0 saturated heterocycles. The normalized spacial score (nSPS) is 12.1. The van der Waals surface area contributed by atoms with Gasteiger partial charge in [0.15, 0.2) is 0 Å². The summed E-state index contributed by atoms with van der Waals surface area (Å²) in [6.07, 6.45) is 0. The average Bonchev–Trinajstić information content (AvgIpc) is 2.95. The number of hydrogen-bond donors (Lipinski definition) is 0. The van der Waals surface area contributed by atoms with Crippen LogP contribution in [0.5, 0.6) is 0 Å². The molecule has 4 aromatic rings. The summed E-state index contributed by atoms with van der Waals surface area (Å²) >= 11 is 4.13. The molecule has 0 heterocycles. The predicted octanol–water partition coefficient (Wildman–Crippen LogP) is 11.2. The molecule has 0 aliphatic heterocycles. The van der Waals surface area contributed by atoms with Gasteiger partial charge in [-0.3, -0.25) is 0 Å².